The molecule has 2 N–H and O–H groups in total. The lowest BCUT2D eigenvalue weighted by Gasteiger charge is -2.08. The fraction of sp³-hybridized carbons (Fsp3) is 0.0714. The molecule has 0 atom stereocenters. The van der Waals surface area contributed by atoms with Crippen LogP contribution in [0.5, 0.6) is 0 Å². The number of rotatable bonds is 4. The molecule has 0 radical (unpaired) electrons. The van der Waals surface area contributed by atoms with Crippen molar-refractivity contribution in [1.82, 2.24) is 0 Å². The summed E-state index contributed by atoms with van der Waals surface area (Å²) in [6.07, 6.45) is 0. The molecule has 0 aromatic heterocycles. The third-order valence-corrected chi connectivity index (χ3v) is 3.04. The molecule has 0 saturated heterocycles. The molecule has 1 amide bonds. The van der Waals surface area contributed by atoms with E-state index in [0.29, 0.717) is 16.4 Å². The summed E-state index contributed by atoms with van der Waals surface area (Å²) in [5.74, 6) is -0.726. The van der Waals surface area contributed by atoms with Crippen molar-refractivity contribution in [3.63, 3.8) is 0 Å². The highest BCUT2D eigenvalue weighted by Crippen LogP contribution is 2.19. The molecule has 0 aliphatic carbocycles. The molecular formula is C14H11Cl2FN2O. The van der Waals surface area contributed by atoms with Gasteiger partial charge >= 0.3 is 0 Å². The Balaban J connectivity index is 1.88. The summed E-state index contributed by atoms with van der Waals surface area (Å²) in [6, 6.07) is 10.9. The molecule has 2 aromatic rings. The van der Waals surface area contributed by atoms with Crippen LogP contribution in [0.25, 0.3) is 0 Å². The van der Waals surface area contributed by atoms with Crippen molar-refractivity contribution in [2.45, 2.75) is 0 Å². The molecular weight excluding hydrogens is 302 g/mol. The second-order valence-electron chi connectivity index (χ2n) is 4.04. The predicted octanol–water partition coefficient (Wildman–Crippen LogP) is 4.18. The Labute approximate surface area is 125 Å². The van der Waals surface area contributed by atoms with E-state index < -0.39 is 5.82 Å². The number of carbonyl (C=O) groups is 1. The van der Waals surface area contributed by atoms with Crippen LogP contribution in [0.15, 0.2) is 42.5 Å². The van der Waals surface area contributed by atoms with E-state index >= 15 is 0 Å². The minimum Gasteiger partial charge on any atom is -0.376 e. The fourth-order valence-electron chi connectivity index (χ4n) is 1.53. The summed E-state index contributed by atoms with van der Waals surface area (Å²) < 4.78 is 13.0. The maximum atomic E-state index is 13.0. The highest BCUT2D eigenvalue weighted by Gasteiger charge is 2.04. The van der Waals surface area contributed by atoms with Crippen LogP contribution in [-0.4, -0.2) is 12.5 Å². The lowest BCUT2D eigenvalue weighted by Crippen LogP contribution is -2.21. The van der Waals surface area contributed by atoms with Crippen molar-refractivity contribution >= 4 is 40.5 Å². The van der Waals surface area contributed by atoms with Crippen LogP contribution in [0.1, 0.15) is 0 Å². The van der Waals surface area contributed by atoms with Crippen molar-refractivity contribution in [1.29, 1.82) is 0 Å². The summed E-state index contributed by atoms with van der Waals surface area (Å²) in [6.45, 7) is 0.0462. The van der Waals surface area contributed by atoms with Crippen LogP contribution in [0.3, 0.4) is 0 Å². The lowest BCUT2D eigenvalue weighted by atomic mass is 10.3. The molecule has 104 valence electrons. The molecule has 0 bridgehead atoms. The fourth-order valence-corrected chi connectivity index (χ4v) is 1.83. The molecule has 20 heavy (non-hydrogen) atoms. The number of nitrogens with one attached hydrogen (secondary N) is 2. The van der Waals surface area contributed by atoms with Crippen LogP contribution in [0.4, 0.5) is 15.8 Å². The minimum absolute atomic E-state index is 0.00751. The number of amides is 1. The molecule has 0 aliphatic rings. The van der Waals surface area contributed by atoms with Gasteiger partial charge in [-0.2, -0.15) is 0 Å². The van der Waals surface area contributed by atoms with Gasteiger partial charge in [-0.25, -0.2) is 4.39 Å². The Bertz CT molecular complexity index is 617. The molecule has 0 saturated carbocycles. The average Bonchev–Trinajstić information content (AvgIpc) is 2.43. The Hall–Kier alpha value is -1.78. The first-order valence-electron chi connectivity index (χ1n) is 5.79. The number of benzene rings is 2. The van der Waals surface area contributed by atoms with Crippen molar-refractivity contribution in [3.05, 3.63) is 58.3 Å². The second-order valence-corrected chi connectivity index (χ2v) is 4.88. The van der Waals surface area contributed by atoms with Crippen LogP contribution in [-0.2, 0) is 4.79 Å². The first-order valence-corrected chi connectivity index (χ1v) is 6.54. The highest BCUT2D eigenvalue weighted by atomic mass is 35.5. The van der Waals surface area contributed by atoms with Crippen LogP contribution < -0.4 is 10.6 Å². The van der Waals surface area contributed by atoms with Gasteiger partial charge in [-0.15, -0.1) is 0 Å². The smallest absolute Gasteiger partial charge is 0.243 e. The molecule has 0 spiro atoms. The average molecular weight is 313 g/mol. The molecule has 2 aromatic carbocycles. The molecule has 2 rings (SSSR count). The van der Waals surface area contributed by atoms with Crippen molar-refractivity contribution in [3.8, 4) is 0 Å². The number of carbonyl (C=O) groups excluding carboxylic acids is 1. The zero-order valence-corrected chi connectivity index (χ0v) is 11.8. The van der Waals surface area contributed by atoms with E-state index in [1.807, 2.05) is 0 Å². The van der Waals surface area contributed by atoms with Gasteiger partial charge in [0.15, 0.2) is 0 Å². The normalized spacial score (nSPS) is 10.2. The molecule has 6 heteroatoms. The summed E-state index contributed by atoms with van der Waals surface area (Å²) in [5, 5.41) is 6.16. The van der Waals surface area contributed by atoms with Crippen LogP contribution >= 0.6 is 23.2 Å². The summed E-state index contributed by atoms with van der Waals surface area (Å²) in [4.78, 5) is 11.7. The standard InChI is InChI=1S/C14H11Cl2FN2O/c15-9-1-3-10(4-2-9)19-14(20)8-18-11-5-6-13(17)12(16)7-11/h1-7,18H,8H2,(H,19,20). The summed E-state index contributed by atoms with van der Waals surface area (Å²) in [5.41, 5.74) is 1.22. The molecule has 0 heterocycles. The zero-order chi connectivity index (χ0) is 14.5. The van der Waals surface area contributed by atoms with Crippen LogP contribution in [0, 0.1) is 5.82 Å². The number of halogens is 3. The zero-order valence-electron chi connectivity index (χ0n) is 10.3. The molecule has 3 nitrogen and oxygen atoms in total. The number of hydrogen-bond donors (Lipinski definition) is 2. The number of hydrogen-bond acceptors (Lipinski definition) is 2. The van der Waals surface area contributed by atoms with Gasteiger partial charge < -0.3 is 10.6 Å². The van der Waals surface area contributed by atoms with Crippen molar-refractivity contribution < 1.29 is 9.18 Å². The molecule has 0 unspecified atom stereocenters. The third kappa shape index (κ3) is 4.11. The lowest BCUT2D eigenvalue weighted by molar-refractivity contribution is -0.114. The number of anilines is 2. The highest BCUT2D eigenvalue weighted by molar-refractivity contribution is 6.31. The minimum atomic E-state index is -0.497. The van der Waals surface area contributed by atoms with Gasteiger partial charge in [0.25, 0.3) is 0 Å². The van der Waals surface area contributed by atoms with Crippen molar-refractivity contribution in [2.75, 3.05) is 17.2 Å². The Morgan fingerprint density at radius 3 is 2.35 bits per heavy atom. The van der Waals surface area contributed by atoms with E-state index in [4.69, 9.17) is 23.2 Å². The first-order chi connectivity index (χ1) is 9.54. The van der Waals surface area contributed by atoms with Gasteiger partial charge in [0.2, 0.25) is 5.91 Å². The largest absolute Gasteiger partial charge is 0.376 e. The van der Waals surface area contributed by atoms with Gasteiger partial charge in [0.1, 0.15) is 5.82 Å². The van der Waals surface area contributed by atoms with Gasteiger partial charge in [0, 0.05) is 16.4 Å². The van der Waals surface area contributed by atoms with Gasteiger partial charge in [0.05, 0.1) is 11.6 Å². The summed E-state index contributed by atoms with van der Waals surface area (Å²) >= 11 is 11.4. The second kappa shape index (κ2) is 6.59. The van der Waals surface area contributed by atoms with Crippen LogP contribution in [0.2, 0.25) is 10.0 Å². The molecule has 0 fully saturated rings. The third-order valence-electron chi connectivity index (χ3n) is 2.50. The van der Waals surface area contributed by atoms with E-state index in [1.54, 1.807) is 24.3 Å². The quantitative estimate of drug-likeness (QED) is 0.889. The van der Waals surface area contributed by atoms with E-state index in [-0.39, 0.29) is 17.5 Å². The maximum absolute atomic E-state index is 13.0. The summed E-state index contributed by atoms with van der Waals surface area (Å²) in [7, 11) is 0. The van der Waals surface area contributed by atoms with E-state index in [0.717, 1.165) is 0 Å². The van der Waals surface area contributed by atoms with Crippen molar-refractivity contribution in [2.24, 2.45) is 0 Å². The Morgan fingerprint density at radius 2 is 1.70 bits per heavy atom. The van der Waals surface area contributed by atoms with Gasteiger partial charge in [-0.3, -0.25) is 4.79 Å². The topological polar surface area (TPSA) is 41.1 Å². The van der Waals surface area contributed by atoms with E-state index in [1.165, 1.54) is 18.2 Å². The molecule has 0 aliphatic heterocycles. The maximum Gasteiger partial charge on any atom is 0.243 e. The predicted molar refractivity (Wildman–Crippen MR) is 80.0 cm³/mol. The van der Waals surface area contributed by atoms with E-state index in [9.17, 15) is 9.18 Å². The van der Waals surface area contributed by atoms with Gasteiger partial charge in [-0.1, -0.05) is 23.2 Å². The monoisotopic (exact) mass is 312 g/mol. The SMILES string of the molecule is O=C(CNc1ccc(F)c(Cl)c1)Nc1ccc(Cl)cc1. The Kier molecular flexibility index (Phi) is 4.82. The van der Waals surface area contributed by atoms with Gasteiger partial charge in [-0.05, 0) is 42.5 Å². The van der Waals surface area contributed by atoms with E-state index in [2.05, 4.69) is 10.6 Å². The Morgan fingerprint density at radius 1 is 1.05 bits per heavy atom. The first kappa shape index (κ1) is 14.6.